The number of ether oxygens (including phenoxy) is 2. The van der Waals surface area contributed by atoms with E-state index in [0.717, 1.165) is 30.7 Å². The quantitative estimate of drug-likeness (QED) is 0.392. The van der Waals surface area contributed by atoms with Crippen LogP contribution in [-0.2, 0) is 16.0 Å². The number of carbonyl (C=O) groups excluding carboxylic acids is 1. The van der Waals surface area contributed by atoms with Gasteiger partial charge in [-0.15, -0.1) is 0 Å². The van der Waals surface area contributed by atoms with Crippen molar-refractivity contribution < 1.29 is 14.3 Å². The number of para-hydroxylation sites is 1. The summed E-state index contributed by atoms with van der Waals surface area (Å²) in [5.74, 6) is 0.535. The van der Waals surface area contributed by atoms with E-state index in [0.29, 0.717) is 12.6 Å². The van der Waals surface area contributed by atoms with Crippen molar-refractivity contribution in [1.82, 2.24) is 5.32 Å². The van der Waals surface area contributed by atoms with Crippen LogP contribution in [0, 0.1) is 0 Å². The average molecular weight is 432 g/mol. The zero-order valence-electron chi connectivity index (χ0n) is 19.0. The minimum atomic E-state index is -0.352. The number of carbonyl (C=O) groups is 1. The average Bonchev–Trinajstić information content (AvgIpc) is 2.82. The highest BCUT2D eigenvalue weighted by molar-refractivity contribution is 5.71. The second-order valence-corrected chi connectivity index (χ2v) is 7.93. The van der Waals surface area contributed by atoms with E-state index in [1.807, 2.05) is 30.3 Å². The first-order valence-electron chi connectivity index (χ1n) is 11.4. The van der Waals surface area contributed by atoms with E-state index in [2.05, 4.69) is 66.8 Å². The van der Waals surface area contributed by atoms with Gasteiger partial charge < -0.3 is 14.8 Å². The van der Waals surface area contributed by atoms with Crippen LogP contribution in [0.3, 0.4) is 0 Å². The molecule has 0 heterocycles. The second kappa shape index (κ2) is 12.7. The van der Waals surface area contributed by atoms with Crippen molar-refractivity contribution in [3.63, 3.8) is 0 Å². The molecule has 0 aromatic heterocycles. The molecule has 3 rings (SSSR count). The van der Waals surface area contributed by atoms with Crippen molar-refractivity contribution in [1.29, 1.82) is 0 Å². The summed E-state index contributed by atoms with van der Waals surface area (Å²) in [5, 5.41) is 3.67. The second-order valence-electron chi connectivity index (χ2n) is 7.93. The lowest BCUT2D eigenvalue weighted by Crippen LogP contribution is -2.30. The molecule has 1 N–H and O–H groups in total. The van der Waals surface area contributed by atoms with Crippen LogP contribution >= 0.6 is 0 Å². The Morgan fingerprint density at radius 3 is 2.28 bits per heavy atom. The van der Waals surface area contributed by atoms with Gasteiger partial charge in [0, 0.05) is 17.5 Å². The first kappa shape index (κ1) is 23.6. The van der Waals surface area contributed by atoms with Crippen LogP contribution in [0.5, 0.6) is 5.75 Å². The van der Waals surface area contributed by atoms with Crippen molar-refractivity contribution in [3.8, 4) is 5.75 Å². The van der Waals surface area contributed by atoms with Gasteiger partial charge in [0.15, 0.2) is 6.61 Å². The maximum Gasteiger partial charge on any atom is 0.344 e. The fourth-order valence-electron chi connectivity index (χ4n) is 3.94. The molecule has 0 aliphatic heterocycles. The Morgan fingerprint density at radius 2 is 1.56 bits per heavy atom. The third-order valence-corrected chi connectivity index (χ3v) is 5.46. The molecule has 0 saturated carbocycles. The predicted molar refractivity (Wildman–Crippen MR) is 129 cm³/mol. The summed E-state index contributed by atoms with van der Waals surface area (Å²) in [6.45, 7) is 5.16. The standard InChI is InChI=1S/C28H33NO3/c1-3-31-28(30)21-32-27-17-11-10-16-26(27)25(24-14-8-5-9-15-24)18-19-29-22(2)20-23-12-6-4-7-13-23/h4-17,22,25,29H,3,18-21H2,1-2H3. The molecular formula is C28H33NO3. The fraction of sp³-hybridized carbons (Fsp3) is 0.321. The number of esters is 1. The molecule has 2 unspecified atom stereocenters. The smallest absolute Gasteiger partial charge is 0.344 e. The zero-order valence-corrected chi connectivity index (χ0v) is 19.0. The van der Waals surface area contributed by atoms with Crippen LogP contribution in [-0.4, -0.2) is 31.8 Å². The van der Waals surface area contributed by atoms with E-state index in [1.54, 1.807) is 6.92 Å². The van der Waals surface area contributed by atoms with E-state index < -0.39 is 0 Å². The van der Waals surface area contributed by atoms with Gasteiger partial charge in [-0.05, 0) is 50.4 Å². The Kier molecular flexibility index (Phi) is 9.33. The van der Waals surface area contributed by atoms with Crippen LogP contribution in [0.15, 0.2) is 84.9 Å². The largest absolute Gasteiger partial charge is 0.482 e. The summed E-state index contributed by atoms with van der Waals surface area (Å²) in [7, 11) is 0. The minimum Gasteiger partial charge on any atom is -0.482 e. The molecular weight excluding hydrogens is 398 g/mol. The maximum absolute atomic E-state index is 11.8. The van der Waals surface area contributed by atoms with Crippen molar-refractivity contribution in [2.75, 3.05) is 19.8 Å². The number of hydrogen-bond acceptors (Lipinski definition) is 4. The maximum atomic E-state index is 11.8. The van der Waals surface area contributed by atoms with Gasteiger partial charge >= 0.3 is 5.97 Å². The van der Waals surface area contributed by atoms with Gasteiger partial charge in [-0.2, -0.15) is 0 Å². The molecule has 0 bridgehead atoms. The number of hydrogen-bond donors (Lipinski definition) is 1. The van der Waals surface area contributed by atoms with Crippen LogP contribution in [0.1, 0.15) is 42.9 Å². The molecule has 0 aliphatic carbocycles. The number of rotatable bonds is 12. The SMILES string of the molecule is CCOC(=O)COc1ccccc1C(CCNC(C)Cc1ccccc1)c1ccccc1. The lowest BCUT2D eigenvalue weighted by molar-refractivity contribution is -0.145. The minimum absolute atomic E-state index is 0.0846. The van der Waals surface area contributed by atoms with Crippen LogP contribution in [0.4, 0.5) is 0 Å². The van der Waals surface area contributed by atoms with Crippen LogP contribution in [0.2, 0.25) is 0 Å². The first-order chi connectivity index (χ1) is 15.7. The monoisotopic (exact) mass is 431 g/mol. The van der Waals surface area contributed by atoms with E-state index in [1.165, 1.54) is 11.1 Å². The molecule has 3 aromatic rings. The van der Waals surface area contributed by atoms with Gasteiger partial charge in [-0.1, -0.05) is 78.9 Å². The van der Waals surface area contributed by atoms with E-state index in [-0.39, 0.29) is 18.5 Å². The molecule has 0 amide bonds. The lowest BCUT2D eigenvalue weighted by Gasteiger charge is -2.22. The van der Waals surface area contributed by atoms with E-state index >= 15 is 0 Å². The molecule has 0 radical (unpaired) electrons. The summed E-state index contributed by atoms with van der Waals surface area (Å²) in [4.78, 5) is 11.8. The molecule has 4 heteroatoms. The molecule has 4 nitrogen and oxygen atoms in total. The topological polar surface area (TPSA) is 47.6 Å². The molecule has 0 aliphatic rings. The molecule has 32 heavy (non-hydrogen) atoms. The summed E-state index contributed by atoms with van der Waals surface area (Å²) in [5.41, 5.74) is 3.66. The Balaban J connectivity index is 1.69. The molecule has 0 spiro atoms. The summed E-state index contributed by atoms with van der Waals surface area (Å²) in [6.07, 6.45) is 1.92. The Morgan fingerprint density at radius 1 is 0.906 bits per heavy atom. The van der Waals surface area contributed by atoms with Crippen molar-refractivity contribution >= 4 is 5.97 Å². The normalized spacial score (nSPS) is 12.7. The Bertz CT molecular complexity index is 943. The zero-order chi connectivity index (χ0) is 22.6. The van der Waals surface area contributed by atoms with E-state index in [9.17, 15) is 4.79 Å². The van der Waals surface area contributed by atoms with Crippen LogP contribution in [0.25, 0.3) is 0 Å². The number of nitrogens with one attached hydrogen (secondary N) is 1. The Hall–Kier alpha value is -3.11. The summed E-state index contributed by atoms with van der Waals surface area (Å²) < 4.78 is 10.9. The highest BCUT2D eigenvalue weighted by atomic mass is 16.6. The summed E-state index contributed by atoms with van der Waals surface area (Å²) in [6, 6.07) is 29.4. The third-order valence-electron chi connectivity index (χ3n) is 5.46. The van der Waals surface area contributed by atoms with Gasteiger partial charge in [0.2, 0.25) is 0 Å². The molecule has 168 valence electrons. The molecule has 2 atom stereocenters. The van der Waals surface area contributed by atoms with Gasteiger partial charge in [0.1, 0.15) is 5.75 Å². The van der Waals surface area contributed by atoms with Crippen LogP contribution < -0.4 is 10.1 Å². The fourth-order valence-corrected chi connectivity index (χ4v) is 3.94. The lowest BCUT2D eigenvalue weighted by atomic mass is 9.88. The first-order valence-corrected chi connectivity index (χ1v) is 11.4. The molecule has 0 saturated heterocycles. The van der Waals surface area contributed by atoms with Crippen molar-refractivity contribution in [2.45, 2.75) is 38.6 Å². The van der Waals surface area contributed by atoms with Gasteiger partial charge in [0.05, 0.1) is 6.61 Å². The van der Waals surface area contributed by atoms with Gasteiger partial charge in [-0.25, -0.2) is 4.79 Å². The highest BCUT2D eigenvalue weighted by Crippen LogP contribution is 2.34. The number of benzene rings is 3. The highest BCUT2D eigenvalue weighted by Gasteiger charge is 2.19. The van der Waals surface area contributed by atoms with Gasteiger partial charge in [-0.3, -0.25) is 0 Å². The van der Waals surface area contributed by atoms with Crippen molar-refractivity contribution in [2.24, 2.45) is 0 Å². The Labute approximate surface area is 191 Å². The summed E-state index contributed by atoms with van der Waals surface area (Å²) >= 11 is 0. The van der Waals surface area contributed by atoms with Crippen molar-refractivity contribution in [3.05, 3.63) is 102 Å². The third kappa shape index (κ3) is 7.24. The van der Waals surface area contributed by atoms with E-state index in [4.69, 9.17) is 9.47 Å². The predicted octanol–water partition coefficient (Wildman–Crippen LogP) is 5.37. The molecule has 0 fully saturated rings. The van der Waals surface area contributed by atoms with Gasteiger partial charge in [0.25, 0.3) is 0 Å². The molecule has 3 aromatic carbocycles.